The first-order valence-electron chi connectivity index (χ1n) is 4.17. The maximum absolute atomic E-state index is 11.1. The Balaban J connectivity index is 2.36. The Morgan fingerprint density at radius 3 is 2.55 bits per heavy atom. The normalized spacial score (nSPS) is 22.5. The molecular formula is C8H16N2O. The molecule has 3 heteroatoms. The predicted molar refractivity (Wildman–Crippen MR) is 44.0 cm³/mol. The van der Waals surface area contributed by atoms with Crippen LogP contribution in [0, 0.1) is 0 Å². The van der Waals surface area contributed by atoms with E-state index < -0.39 is 0 Å². The monoisotopic (exact) mass is 156 g/mol. The highest BCUT2D eigenvalue weighted by atomic mass is 16.2. The molecule has 0 aromatic heterocycles. The zero-order valence-electron chi connectivity index (χ0n) is 7.18. The highest BCUT2D eigenvalue weighted by Gasteiger charge is 2.42. The van der Waals surface area contributed by atoms with E-state index in [0.717, 1.165) is 19.3 Å². The van der Waals surface area contributed by atoms with Crippen LogP contribution in [0.5, 0.6) is 0 Å². The standard InChI is InChI=1S/C8H16N2O/c1-3-8(4-5-8)10-7(11)6(2)9/h6H,3-5,9H2,1-2H3,(H,10,11)/t6-/m0/s1. The summed E-state index contributed by atoms with van der Waals surface area (Å²) in [4.78, 5) is 11.1. The van der Waals surface area contributed by atoms with Gasteiger partial charge in [-0.05, 0) is 26.2 Å². The van der Waals surface area contributed by atoms with Crippen LogP contribution in [-0.4, -0.2) is 17.5 Å². The maximum atomic E-state index is 11.1. The average molecular weight is 156 g/mol. The summed E-state index contributed by atoms with van der Waals surface area (Å²) in [6.07, 6.45) is 3.25. The van der Waals surface area contributed by atoms with Gasteiger partial charge in [0.2, 0.25) is 5.91 Å². The van der Waals surface area contributed by atoms with Crippen molar-refractivity contribution in [2.75, 3.05) is 0 Å². The van der Waals surface area contributed by atoms with Crippen molar-refractivity contribution in [1.29, 1.82) is 0 Å². The maximum Gasteiger partial charge on any atom is 0.237 e. The lowest BCUT2D eigenvalue weighted by Crippen LogP contribution is -2.44. The highest BCUT2D eigenvalue weighted by Crippen LogP contribution is 2.38. The molecule has 1 fully saturated rings. The first-order chi connectivity index (χ1) is 5.09. The zero-order chi connectivity index (χ0) is 8.48. The first-order valence-corrected chi connectivity index (χ1v) is 4.17. The van der Waals surface area contributed by atoms with Crippen LogP contribution in [0.15, 0.2) is 0 Å². The summed E-state index contributed by atoms with van der Waals surface area (Å²) in [5.74, 6) is -0.0237. The molecule has 3 nitrogen and oxygen atoms in total. The lowest BCUT2D eigenvalue weighted by atomic mass is 10.2. The summed E-state index contributed by atoms with van der Waals surface area (Å²) in [5.41, 5.74) is 5.53. The summed E-state index contributed by atoms with van der Waals surface area (Å²) in [5, 5.41) is 2.95. The fourth-order valence-corrected chi connectivity index (χ4v) is 1.09. The number of nitrogens with two attached hydrogens (primary N) is 1. The number of rotatable bonds is 3. The second-order valence-corrected chi connectivity index (χ2v) is 3.41. The molecule has 64 valence electrons. The van der Waals surface area contributed by atoms with Crippen molar-refractivity contribution >= 4 is 5.91 Å². The molecule has 3 N–H and O–H groups in total. The van der Waals surface area contributed by atoms with Crippen molar-refractivity contribution < 1.29 is 4.79 Å². The van der Waals surface area contributed by atoms with Crippen LogP contribution in [0.3, 0.4) is 0 Å². The molecule has 0 unspecified atom stereocenters. The fourth-order valence-electron chi connectivity index (χ4n) is 1.09. The van der Waals surface area contributed by atoms with Crippen LogP contribution < -0.4 is 11.1 Å². The number of nitrogens with one attached hydrogen (secondary N) is 1. The van der Waals surface area contributed by atoms with Gasteiger partial charge in [0.15, 0.2) is 0 Å². The van der Waals surface area contributed by atoms with E-state index >= 15 is 0 Å². The lowest BCUT2D eigenvalue weighted by Gasteiger charge is -2.16. The van der Waals surface area contributed by atoms with Gasteiger partial charge in [0.25, 0.3) is 0 Å². The number of amides is 1. The molecule has 0 bridgehead atoms. The number of carbonyl (C=O) groups is 1. The molecule has 0 saturated heterocycles. The minimum absolute atomic E-state index is 0.0237. The summed E-state index contributed by atoms with van der Waals surface area (Å²) < 4.78 is 0. The van der Waals surface area contributed by atoms with Gasteiger partial charge < -0.3 is 11.1 Å². The second kappa shape index (κ2) is 2.81. The fraction of sp³-hybridized carbons (Fsp3) is 0.875. The van der Waals surface area contributed by atoms with Gasteiger partial charge in [-0.25, -0.2) is 0 Å². The third-order valence-corrected chi connectivity index (χ3v) is 2.33. The van der Waals surface area contributed by atoms with Crippen molar-refractivity contribution in [2.24, 2.45) is 5.73 Å². The number of hydrogen-bond acceptors (Lipinski definition) is 2. The van der Waals surface area contributed by atoms with Crippen LogP contribution in [0.2, 0.25) is 0 Å². The van der Waals surface area contributed by atoms with E-state index in [-0.39, 0.29) is 17.5 Å². The Labute approximate surface area is 67.3 Å². The zero-order valence-corrected chi connectivity index (χ0v) is 7.18. The van der Waals surface area contributed by atoms with Gasteiger partial charge in [-0.1, -0.05) is 6.92 Å². The molecule has 1 aliphatic carbocycles. The van der Waals surface area contributed by atoms with Gasteiger partial charge in [0, 0.05) is 5.54 Å². The number of hydrogen-bond donors (Lipinski definition) is 2. The Morgan fingerprint density at radius 1 is 1.73 bits per heavy atom. The topological polar surface area (TPSA) is 55.1 Å². The minimum atomic E-state index is -0.376. The van der Waals surface area contributed by atoms with Gasteiger partial charge in [-0.15, -0.1) is 0 Å². The number of carbonyl (C=O) groups excluding carboxylic acids is 1. The van der Waals surface area contributed by atoms with E-state index in [1.54, 1.807) is 6.92 Å². The van der Waals surface area contributed by atoms with Crippen molar-refractivity contribution in [3.05, 3.63) is 0 Å². The molecular weight excluding hydrogens is 140 g/mol. The molecule has 0 heterocycles. The molecule has 1 saturated carbocycles. The van der Waals surface area contributed by atoms with Crippen LogP contribution in [0.25, 0.3) is 0 Å². The molecule has 0 aromatic rings. The Hall–Kier alpha value is -0.570. The van der Waals surface area contributed by atoms with Crippen molar-refractivity contribution in [3.63, 3.8) is 0 Å². The molecule has 0 aromatic carbocycles. The highest BCUT2D eigenvalue weighted by molar-refractivity contribution is 5.82. The second-order valence-electron chi connectivity index (χ2n) is 3.41. The lowest BCUT2D eigenvalue weighted by molar-refractivity contribution is -0.122. The van der Waals surface area contributed by atoms with E-state index in [4.69, 9.17) is 5.73 Å². The summed E-state index contributed by atoms with van der Waals surface area (Å²) >= 11 is 0. The molecule has 11 heavy (non-hydrogen) atoms. The van der Waals surface area contributed by atoms with E-state index in [1.807, 2.05) is 0 Å². The molecule has 0 radical (unpaired) electrons. The van der Waals surface area contributed by atoms with E-state index in [9.17, 15) is 4.79 Å². The summed E-state index contributed by atoms with van der Waals surface area (Å²) in [6.45, 7) is 3.80. The van der Waals surface area contributed by atoms with E-state index in [2.05, 4.69) is 12.2 Å². The van der Waals surface area contributed by atoms with E-state index in [1.165, 1.54) is 0 Å². The van der Waals surface area contributed by atoms with Crippen molar-refractivity contribution in [3.8, 4) is 0 Å². The van der Waals surface area contributed by atoms with Crippen LogP contribution in [0.1, 0.15) is 33.1 Å². The largest absolute Gasteiger partial charge is 0.349 e. The smallest absolute Gasteiger partial charge is 0.237 e. The summed E-state index contributed by atoms with van der Waals surface area (Å²) in [6, 6.07) is -0.376. The van der Waals surface area contributed by atoms with Crippen LogP contribution in [0.4, 0.5) is 0 Å². The SMILES string of the molecule is CCC1(NC(=O)[C@H](C)N)CC1. The molecule has 1 atom stereocenters. The Morgan fingerprint density at radius 2 is 2.27 bits per heavy atom. The van der Waals surface area contributed by atoms with Gasteiger partial charge in [-0.3, -0.25) is 4.79 Å². The quantitative estimate of drug-likeness (QED) is 0.621. The van der Waals surface area contributed by atoms with Crippen LogP contribution >= 0.6 is 0 Å². The van der Waals surface area contributed by atoms with Gasteiger partial charge in [0.1, 0.15) is 0 Å². The Kier molecular flexibility index (Phi) is 2.18. The van der Waals surface area contributed by atoms with Crippen LogP contribution in [-0.2, 0) is 4.79 Å². The van der Waals surface area contributed by atoms with Gasteiger partial charge >= 0.3 is 0 Å². The molecule has 1 amide bonds. The first kappa shape index (κ1) is 8.53. The van der Waals surface area contributed by atoms with Crippen molar-refractivity contribution in [2.45, 2.75) is 44.7 Å². The molecule has 0 aliphatic heterocycles. The molecule has 0 spiro atoms. The summed E-state index contributed by atoms with van der Waals surface area (Å²) in [7, 11) is 0. The van der Waals surface area contributed by atoms with Gasteiger partial charge in [0.05, 0.1) is 6.04 Å². The van der Waals surface area contributed by atoms with E-state index in [0.29, 0.717) is 0 Å². The van der Waals surface area contributed by atoms with Gasteiger partial charge in [-0.2, -0.15) is 0 Å². The third-order valence-electron chi connectivity index (χ3n) is 2.33. The predicted octanol–water partition coefficient (Wildman–Crippen LogP) is 0.392. The van der Waals surface area contributed by atoms with Crippen molar-refractivity contribution in [1.82, 2.24) is 5.32 Å². The third kappa shape index (κ3) is 1.93. The molecule has 1 rings (SSSR count). The molecule has 1 aliphatic rings. The Bertz CT molecular complexity index is 161. The minimum Gasteiger partial charge on any atom is -0.349 e. The average Bonchev–Trinajstić information content (AvgIpc) is 2.69.